The molecule has 0 saturated carbocycles. The third-order valence-electron chi connectivity index (χ3n) is 4.26. The van der Waals surface area contributed by atoms with Crippen molar-refractivity contribution in [2.24, 2.45) is 7.05 Å². The summed E-state index contributed by atoms with van der Waals surface area (Å²) in [6.45, 7) is 7.52. The molecule has 0 spiro atoms. The number of aromatic nitrogens is 5. The van der Waals surface area contributed by atoms with Gasteiger partial charge in [-0.2, -0.15) is 10.2 Å². The highest BCUT2D eigenvalue weighted by molar-refractivity contribution is 7.19. The van der Waals surface area contributed by atoms with Gasteiger partial charge in [-0.15, -0.1) is 0 Å². The van der Waals surface area contributed by atoms with Crippen molar-refractivity contribution in [2.75, 3.05) is 19.0 Å². The topological polar surface area (TPSA) is 69.8 Å². The maximum atomic E-state index is 5.20. The monoisotopic (exact) mass is 360 g/mol. The van der Waals surface area contributed by atoms with E-state index in [0.717, 1.165) is 27.1 Å². The van der Waals surface area contributed by atoms with Crippen molar-refractivity contribution >= 4 is 16.5 Å². The number of hydrogen-bond acceptors (Lipinski definition) is 6. The molecule has 0 radical (unpaired) electrons. The Morgan fingerprint density at radius 1 is 1.36 bits per heavy atom. The lowest BCUT2D eigenvalue weighted by atomic mass is 10.2. The molecule has 1 unspecified atom stereocenters. The summed E-state index contributed by atoms with van der Waals surface area (Å²) in [5.74, 6) is 0. The molecule has 0 aromatic carbocycles. The van der Waals surface area contributed by atoms with Gasteiger partial charge in [0.25, 0.3) is 0 Å². The van der Waals surface area contributed by atoms with Gasteiger partial charge in [-0.05, 0) is 26.8 Å². The zero-order valence-corrected chi connectivity index (χ0v) is 16.1. The Morgan fingerprint density at radius 3 is 2.84 bits per heavy atom. The molecule has 3 aromatic rings. The number of anilines is 1. The Hall–Kier alpha value is -2.19. The smallest absolute Gasteiger partial charge is 0.183 e. The van der Waals surface area contributed by atoms with Gasteiger partial charge >= 0.3 is 0 Å². The van der Waals surface area contributed by atoms with Gasteiger partial charge in [-0.25, -0.2) is 4.98 Å². The van der Waals surface area contributed by atoms with E-state index in [0.29, 0.717) is 13.2 Å². The Kier molecular flexibility index (Phi) is 5.19. The third kappa shape index (κ3) is 3.74. The van der Waals surface area contributed by atoms with Crippen LogP contribution in [0.5, 0.6) is 0 Å². The van der Waals surface area contributed by atoms with Crippen LogP contribution in [0.2, 0.25) is 0 Å². The van der Waals surface area contributed by atoms with Gasteiger partial charge < -0.3 is 10.1 Å². The van der Waals surface area contributed by atoms with Crippen LogP contribution in [0.1, 0.15) is 29.9 Å². The highest BCUT2D eigenvalue weighted by atomic mass is 32.1. The van der Waals surface area contributed by atoms with E-state index < -0.39 is 0 Å². The molecule has 0 bridgehead atoms. The normalized spacial score (nSPS) is 12.5. The zero-order valence-electron chi connectivity index (χ0n) is 15.3. The molecule has 0 amide bonds. The molecule has 1 N–H and O–H groups in total. The Morgan fingerprint density at radius 2 is 2.16 bits per heavy atom. The lowest BCUT2D eigenvalue weighted by Crippen LogP contribution is -2.11. The van der Waals surface area contributed by atoms with Crippen LogP contribution in [0.3, 0.4) is 0 Å². The van der Waals surface area contributed by atoms with Gasteiger partial charge in [0.1, 0.15) is 5.69 Å². The van der Waals surface area contributed by atoms with Crippen molar-refractivity contribution in [2.45, 2.75) is 33.4 Å². The molecule has 0 aliphatic heterocycles. The number of ether oxygens (including phenoxy) is 1. The standard InChI is InChI=1S/C17H24N6OS/c1-11(10-24-5)23-7-6-15(21-23)16-12(2)20-17(25-16)18-8-14-9-19-22(4)13(14)3/h6-7,9,11H,8,10H2,1-5H3,(H,18,20). The summed E-state index contributed by atoms with van der Waals surface area (Å²) in [6, 6.07) is 2.24. The summed E-state index contributed by atoms with van der Waals surface area (Å²) >= 11 is 1.63. The second kappa shape index (κ2) is 7.37. The lowest BCUT2D eigenvalue weighted by Gasteiger charge is -2.09. The fourth-order valence-corrected chi connectivity index (χ4v) is 3.55. The Bertz CT molecular complexity index is 849. The van der Waals surface area contributed by atoms with Crippen LogP contribution in [0.15, 0.2) is 18.5 Å². The molecular formula is C17H24N6OS. The van der Waals surface area contributed by atoms with Crippen LogP contribution in [0.25, 0.3) is 10.6 Å². The first-order valence-electron chi connectivity index (χ1n) is 8.22. The maximum absolute atomic E-state index is 5.20. The van der Waals surface area contributed by atoms with Crippen molar-refractivity contribution in [1.82, 2.24) is 24.5 Å². The number of aryl methyl sites for hydroxylation is 2. The molecule has 134 valence electrons. The molecule has 0 fully saturated rings. The third-order valence-corrected chi connectivity index (χ3v) is 5.40. The van der Waals surface area contributed by atoms with E-state index in [1.165, 1.54) is 5.56 Å². The minimum absolute atomic E-state index is 0.207. The first kappa shape index (κ1) is 17.6. The molecule has 0 aliphatic rings. The largest absolute Gasteiger partial charge is 0.382 e. The van der Waals surface area contributed by atoms with Crippen molar-refractivity contribution in [3.05, 3.63) is 35.4 Å². The summed E-state index contributed by atoms with van der Waals surface area (Å²) < 4.78 is 9.01. The van der Waals surface area contributed by atoms with E-state index in [4.69, 9.17) is 4.74 Å². The van der Waals surface area contributed by atoms with E-state index >= 15 is 0 Å². The van der Waals surface area contributed by atoms with Crippen LogP contribution in [0.4, 0.5) is 5.13 Å². The molecule has 0 saturated heterocycles. The zero-order chi connectivity index (χ0) is 18.0. The Balaban J connectivity index is 1.73. The fourth-order valence-electron chi connectivity index (χ4n) is 2.62. The molecule has 7 nitrogen and oxygen atoms in total. The molecule has 1 atom stereocenters. The number of methoxy groups -OCH3 is 1. The first-order chi connectivity index (χ1) is 12.0. The van der Waals surface area contributed by atoms with E-state index in [-0.39, 0.29) is 6.04 Å². The van der Waals surface area contributed by atoms with Gasteiger partial charge in [-0.1, -0.05) is 11.3 Å². The highest BCUT2D eigenvalue weighted by Gasteiger charge is 2.14. The average Bonchev–Trinajstić information content (AvgIpc) is 3.27. The van der Waals surface area contributed by atoms with Crippen molar-refractivity contribution < 1.29 is 4.74 Å². The molecular weight excluding hydrogens is 336 g/mol. The summed E-state index contributed by atoms with van der Waals surface area (Å²) in [6.07, 6.45) is 3.88. The molecule has 3 aromatic heterocycles. The lowest BCUT2D eigenvalue weighted by molar-refractivity contribution is 0.157. The second-order valence-corrected chi connectivity index (χ2v) is 7.15. The number of nitrogens with zero attached hydrogens (tertiary/aromatic N) is 5. The molecule has 3 rings (SSSR count). The van der Waals surface area contributed by atoms with Crippen LogP contribution in [-0.4, -0.2) is 38.3 Å². The Labute approximate surface area is 151 Å². The molecule has 3 heterocycles. The molecule has 0 aliphatic carbocycles. The summed E-state index contributed by atoms with van der Waals surface area (Å²) in [4.78, 5) is 5.73. The SMILES string of the molecule is COCC(C)n1ccc(-c2sc(NCc3cnn(C)c3C)nc2C)n1. The van der Waals surface area contributed by atoms with Crippen LogP contribution < -0.4 is 5.32 Å². The van der Waals surface area contributed by atoms with E-state index in [1.54, 1.807) is 18.4 Å². The maximum Gasteiger partial charge on any atom is 0.183 e. The number of rotatable bonds is 7. The minimum Gasteiger partial charge on any atom is -0.382 e. The van der Waals surface area contributed by atoms with E-state index in [1.807, 2.05) is 41.8 Å². The molecule has 25 heavy (non-hydrogen) atoms. The van der Waals surface area contributed by atoms with Gasteiger partial charge in [0.2, 0.25) is 0 Å². The van der Waals surface area contributed by atoms with Gasteiger partial charge in [-0.3, -0.25) is 9.36 Å². The predicted octanol–water partition coefficient (Wildman–Crippen LogP) is 3.18. The number of nitrogens with one attached hydrogen (secondary N) is 1. The van der Waals surface area contributed by atoms with Crippen molar-refractivity contribution in [3.63, 3.8) is 0 Å². The van der Waals surface area contributed by atoms with Gasteiger partial charge in [0, 0.05) is 38.2 Å². The summed E-state index contributed by atoms with van der Waals surface area (Å²) in [7, 11) is 3.65. The fraction of sp³-hybridized carbons (Fsp3) is 0.471. The van der Waals surface area contributed by atoms with Crippen LogP contribution in [0, 0.1) is 13.8 Å². The average molecular weight is 360 g/mol. The van der Waals surface area contributed by atoms with Crippen molar-refractivity contribution in [1.29, 1.82) is 0 Å². The van der Waals surface area contributed by atoms with Crippen molar-refractivity contribution in [3.8, 4) is 10.6 Å². The first-order valence-corrected chi connectivity index (χ1v) is 9.04. The van der Waals surface area contributed by atoms with Gasteiger partial charge in [0.15, 0.2) is 5.13 Å². The number of thiazole rings is 1. The number of hydrogen-bond donors (Lipinski definition) is 1. The van der Waals surface area contributed by atoms with E-state index in [9.17, 15) is 0 Å². The highest BCUT2D eigenvalue weighted by Crippen LogP contribution is 2.32. The second-order valence-electron chi connectivity index (χ2n) is 6.15. The summed E-state index contributed by atoms with van der Waals surface area (Å²) in [5.41, 5.74) is 4.27. The molecule has 8 heteroatoms. The summed E-state index contributed by atoms with van der Waals surface area (Å²) in [5, 5.41) is 13.2. The predicted molar refractivity (Wildman–Crippen MR) is 99.9 cm³/mol. The van der Waals surface area contributed by atoms with Gasteiger partial charge in [0.05, 0.1) is 29.4 Å². The quantitative estimate of drug-likeness (QED) is 0.701. The van der Waals surface area contributed by atoms with Crippen LogP contribution in [-0.2, 0) is 18.3 Å². The minimum atomic E-state index is 0.207. The van der Waals surface area contributed by atoms with Crippen LogP contribution >= 0.6 is 11.3 Å². The van der Waals surface area contributed by atoms with E-state index in [2.05, 4.69) is 34.3 Å².